The Morgan fingerprint density at radius 2 is 2.06 bits per heavy atom. The van der Waals surface area contributed by atoms with Crippen molar-refractivity contribution in [2.24, 2.45) is 0 Å². The van der Waals surface area contributed by atoms with Gasteiger partial charge in [0.05, 0.1) is 24.1 Å². The van der Waals surface area contributed by atoms with Crippen LogP contribution in [-0.4, -0.2) is 27.8 Å². The number of esters is 1. The van der Waals surface area contributed by atoms with Crippen molar-refractivity contribution in [1.29, 1.82) is 0 Å². The quantitative estimate of drug-likeness (QED) is 0.796. The van der Waals surface area contributed by atoms with Gasteiger partial charge in [-0.1, -0.05) is 18.2 Å². The minimum Gasteiger partial charge on any atom is -0.462 e. The molecule has 1 aromatic heterocycles. The molecule has 2 aromatic rings. The van der Waals surface area contributed by atoms with Gasteiger partial charge >= 0.3 is 11.7 Å². The lowest BCUT2D eigenvalue weighted by Gasteiger charge is -2.03. The third-order valence-corrected chi connectivity index (χ3v) is 2.23. The Morgan fingerprint density at radius 1 is 1.28 bits per heavy atom. The zero-order valence-electron chi connectivity index (χ0n) is 9.50. The number of benzene rings is 1. The lowest BCUT2D eigenvalue weighted by atomic mass is 10.2. The van der Waals surface area contributed by atoms with E-state index in [0.29, 0.717) is 17.7 Å². The van der Waals surface area contributed by atoms with E-state index >= 15 is 0 Å². The highest BCUT2D eigenvalue weighted by molar-refractivity contribution is 5.89. The number of H-pyrrole nitrogens is 1. The number of ether oxygens (including phenoxy) is 1. The molecule has 0 saturated heterocycles. The smallest absolute Gasteiger partial charge is 0.361 e. The summed E-state index contributed by atoms with van der Waals surface area (Å²) in [5.41, 5.74) is 0.570. The number of carbonyl (C=O) groups excluding carboxylic acids is 1. The molecule has 1 aromatic carbocycles. The molecule has 0 aliphatic heterocycles. The molecular weight excluding hydrogens is 234 g/mol. The Hall–Kier alpha value is -2.50. The van der Waals surface area contributed by atoms with Crippen LogP contribution in [-0.2, 0) is 11.2 Å². The van der Waals surface area contributed by atoms with Crippen LogP contribution in [0.4, 0.5) is 0 Å². The van der Waals surface area contributed by atoms with Crippen LogP contribution in [0.25, 0.3) is 0 Å². The molecule has 0 saturated carbocycles. The average molecular weight is 245 g/mol. The molecule has 6 heteroatoms. The number of carbonyl (C=O) groups is 1. The molecule has 0 fully saturated rings. The van der Waals surface area contributed by atoms with Crippen molar-refractivity contribution >= 4 is 5.97 Å². The molecule has 0 atom stereocenters. The lowest BCUT2D eigenvalue weighted by molar-refractivity contribution is 0.0508. The first-order valence-corrected chi connectivity index (χ1v) is 5.38. The average Bonchev–Trinajstić information content (AvgIpc) is 2.42. The molecule has 0 unspecified atom stereocenters. The second-order valence-electron chi connectivity index (χ2n) is 3.53. The highest BCUT2D eigenvalue weighted by atomic mass is 16.5. The maximum absolute atomic E-state index is 11.6. The summed E-state index contributed by atoms with van der Waals surface area (Å²) in [6, 6.07) is 8.73. The molecule has 0 radical (unpaired) electrons. The summed E-state index contributed by atoms with van der Waals surface area (Å²) in [6.07, 6.45) is 1.76. The van der Waals surface area contributed by atoms with Crippen molar-refractivity contribution in [2.45, 2.75) is 6.42 Å². The lowest BCUT2D eigenvalue weighted by Crippen LogP contribution is -2.14. The highest BCUT2D eigenvalue weighted by Gasteiger charge is 2.05. The van der Waals surface area contributed by atoms with Crippen molar-refractivity contribution in [3.8, 4) is 0 Å². The minimum absolute atomic E-state index is 0.189. The van der Waals surface area contributed by atoms with Gasteiger partial charge in [0.1, 0.15) is 0 Å². The fraction of sp³-hybridized carbons (Fsp3) is 0.167. The van der Waals surface area contributed by atoms with E-state index in [1.54, 1.807) is 24.3 Å². The molecule has 1 N–H and O–H groups in total. The molecule has 1 heterocycles. The van der Waals surface area contributed by atoms with Crippen molar-refractivity contribution in [2.75, 3.05) is 6.61 Å². The van der Waals surface area contributed by atoms with E-state index in [2.05, 4.69) is 15.2 Å². The van der Waals surface area contributed by atoms with Crippen LogP contribution in [0.2, 0.25) is 0 Å². The number of hydrogen-bond acceptors (Lipinski definition) is 5. The van der Waals surface area contributed by atoms with E-state index in [0.717, 1.165) is 0 Å². The third-order valence-electron chi connectivity index (χ3n) is 2.23. The van der Waals surface area contributed by atoms with Gasteiger partial charge in [0.25, 0.3) is 0 Å². The van der Waals surface area contributed by atoms with Gasteiger partial charge in [0, 0.05) is 6.42 Å². The van der Waals surface area contributed by atoms with E-state index in [1.165, 1.54) is 6.20 Å². The molecular formula is C12H11N3O3. The number of rotatable bonds is 4. The van der Waals surface area contributed by atoms with Gasteiger partial charge in [0.2, 0.25) is 0 Å². The van der Waals surface area contributed by atoms with Crippen LogP contribution in [0.3, 0.4) is 0 Å². The Kier molecular flexibility index (Phi) is 3.80. The molecule has 0 aliphatic rings. The molecule has 0 spiro atoms. The van der Waals surface area contributed by atoms with Gasteiger partial charge in [-0.3, -0.25) is 0 Å². The standard InChI is InChI=1S/C12H11N3O3/c16-11(9-4-2-1-3-5-9)18-7-6-10-8-13-12(17)15-14-10/h1-5,8H,6-7H2,(H,13,15,17). The first-order chi connectivity index (χ1) is 8.75. The first kappa shape index (κ1) is 12.0. The summed E-state index contributed by atoms with van der Waals surface area (Å²) in [7, 11) is 0. The van der Waals surface area contributed by atoms with Crippen molar-refractivity contribution < 1.29 is 9.53 Å². The monoisotopic (exact) mass is 245 g/mol. The van der Waals surface area contributed by atoms with Crippen LogP contribution in [0.5, 0.6) is 0 Å². The second-order valence-corrected chi connectivity index (χ2v) is 3.53. The largest absolute Gasteiger partial charge is 0.462 e. The van der Waals surface area contributed by atoms with E-state index in [-0.39, 0.29) is 12.6 Å². The number of aromatic nitrogens is 3. The molecule has 0 amide bonds. The zero-order chi connectivity index (χ0) is 12.8. The van der Waals surface area contributed by atoms with Crippen LogP contribution >= 0.6 is 0 Å². The zero-order valence-corrected chi connectivity index (χ0v) is 9.50. The van der Waals surface area contributed by atoms with Crippen LogP contribution in [0, 0.1) is 0 Å². The van der Waals surface area contributed by atoms with Gasteiger partial charge in [-0.15, -0.1) is 0 Å². The van der Waals surface area contributed by atoms with Crippen LogP contribution < -0.4 is 5.69 Å². The van der Waals surface area contributed by atoms with Gasteiger partial charge in [-0.2, -0.15) is 10.1 Å². The Bertz CT molecular complexity index is 560. The summed E-state index contributed by atoms with van der Waals surface area (Å²) < 4.78 is 5.06. The van der Waals surface area contributed by atoms with Gasteiger partial charge < -0.3 is 4.74 Å². The SMILES string of the molecule is O=C(OCCc1cnc(=O)[nH]n1)c1ccccc1. The predicted octanol–water partition coefficient (Wildman–Crippen LogP) is 0.564. The van der Waals surface area contributed by atoms with Crippen LogP contribution in [0.1, 0.15) is 16.1 Å². The summed E-state index contributed by atoms with van der Waals surface area (Å²) in [5.74, 6) is -0.381. The Labute approximate surface area is 103 Å². The highest BCUT2D eigenvalue weighted by Crippen LogP contribution is 2.01. The molecule has 2 rings (SSSR count). The van der Waals surface area contributed by atoms with Crippen molar-refractivity contribution in [3.05, 3.63) is 58.3 Å². The normalized spacial score (nSPS) is 10.0. The Morgan fingerprint density at radius 3 is 2.72 bits per heavy atom. The van der Waals surface area contributed by atoms with Gasteiger partial charge in [0.15, 0.2) is 0 Å². The number of hydrogen-bond donors (Lipinski definition) is 1. The first-order valence-electron chi connectivity index (χ1n) is 5.38. The van der Waals surface area contributed by atoms with Crippen molar-refractivity contribution in [3.63, 3.8) is 0 Å². The topological polar surface area (TPSA) is 84.9 Å². The summed E-state index contributed by atoms with van der Waals surface area (Å²) >= 11 is 0. The maximum Gasteiger partial charge on any atom is 0.361 e. The van der Waals surface area contributed by atoms with E-state index < -0.39 is 5.69 Å². The fourth-order valence-electron chi connectivity index (χ4n) is 1.34. The summed E-state index contributed by atoms with van der Waals surface area (Å²) in [6.45, 7) is 0.189. The maximum atomic E-state index is 11.6. The number of nitrogens with one attached hydrogen (secondary N) is 1. The van der Waals surface area contributed by atoms with Gasteiger partial charge in [-0.25, -0.2) is 14.7 Å². The fourth-order valence-corrected chi connectivity index (χ4v) is 1.34. The summed E-state index contributed by atoms with van der Waals surface area (Å²) in [4.78, 5) is 25.8. The molecule has 92 valence electrons. The second kappa shape index (κ2) is 5.72. The molecule has 0 aliphatic carbocycles. The minimum atomic E-state index is -0.500. The third kappa shape index (κ3) is 3.24. The van der Waals surface area contributed by atoms with Gasteiger partial charge in [-0.05, 0) is 12.1 Å². The summed E-state index contributed by atoms with van der Waals surface area (Å²) in [5, 5.41) is 5.97. The van der Waals surface area contributed by atoms with E-state index in [9.17, 15) is 9.59 Å². The van der Waals surface area contributed by atoms with E-state index in [1.807, 2.05) is 6.07 Å². The number of aromatic amines is 1. The molecule has 18 heavy (non-hydrogen) atoms. The van der Waals surface area contributed by atoms with Crippen LogP contribution in [0.15, 0.2) is 41.3 Å². The molecule has 0 bridgehead atoms. The van der Waals surface area contributed by atoms with E-state index in [4.69, 9.17) is 4.74 Å². The number of nitrogens with zero attached hydrogens (tertiary/aromatic N) is 2. The van der Waals surface area contributed by atoms with Crippen molar-refractivity contribution in [1.82, 2.24) is 15.2 Å². The molecule has 6 nitrogen and oxygen atoms in total. The Balaban J connectivity index is 1.84. The predicted molar refractivity (Wildman–Crippen MR) is 63.1 cm³/mol.